The molecule has 3 N–H and O–H groups in total. The predicted molar refractivity (Wildman–Crippen MR) is 118 cm³/mol. The maximum atomic E-state index is 13.2. The van der Waals surface area contributed by atoms with E-state index in [1.54, 1.807) is 13.8 Å². The van der Waals surface area contributed by atoms with E-state index in [-0.39, 0.29) is 39.5 Å². The molecule has 0 aliphatic rings. The molecule has 3 rings (SSSR count). The van der Waals surface area contributed by atoms with Gasteiger partial charge < -0.3 is 20.4 Å². The average molecular weight is 488 g/mol. The molecule has 1 aromatic heterocycles. The van der Waals surface area contributed by atoms with E-state index in [9.17, 15) is 26.5 Å². The van der Waals surface area contributed by atoms with Gasteiger partial charge in [-0.15, -0.1) is 0 Å². The number of nitrogens with zero attached hydrogens (tertiary/aromatic N) is 2. The topological polar surface area (TPSA) is 90.1 Å². The number of hydrogen-bond donors (Lipinski definition) is 2. The monoisotopic (exact) mass is 488 g/mol. The number of ether oxygens (including phenoxy) is 1. The van der Waals surface area contributed by atoms with Crippen LogP contribution in [0, 0.1) is 6.92 Å². The second-order valence-electron chi connectivity index (χ2n) is 7.94. The molecule has 3 aromatic rings. The maximum absolute atomic E-state index is 13.2. The van der Waals surface area contributed by atoms with E-state index in [0.29, 0.717) is 5.39 Å². The highest BCUT2D eigenvalue weighted by atomic mass is 31.2. The molecule has 0 amide bonds. The fourth-order valence-corrected chi connectivity index (χ4v) is 4.45. The van der Waals surface area contributed by atoms with Crippen LogP contribution in [0.4, 0.5) is 33.5 Å². The van der Waals surface area contributed by atoms with Gasteiger partial charge in [-0.3, -0.25) is 0 Å². The molecular formula is C21H22F5N4O2P. The van der Waals surface area contributed by atoms with Gasteiger partial charge in [0.05, 0.1) is 22.4 Å². The number of nitrogen functional groups attached to an aromatic ring is 1. The van der Waals surface area contributed by atoms with Gasteiger partial charge >= 0.3 is 12.8 Å². The number of halogens is 5. The fourth-order valence-electron chi connectivity index (χ4n) is 3.36. The van der Waals surface area contributed by atoms with Gasteiger partial charge in [-0.1, -0.05) is 0 Å². The molecule has 1 atom stereocenters. The van der Waals surface area contributed by atoms with Crippen LogP contribution in [0.25, 0.3) is 10.9 Å². The van der Waals surface area contributed by atoms with Crippen molar-refractivity contribution in [3.05, 3.63) is 47.3 Å². The van der Waals surface area contributed by atoms with Crippen LogP contribution in [0.5, 0.6) is 5.75 Å². The molecule has 0 aliphatic heterocycles. The number of nitrogens with one attached hydrogen (secondary N) is 1. The van der Waals surface area contributed by atoms with E-state index in [1.165, 1.54) is 31.5 Å². The molecule has 0 radical (unpaired) electrons. The summed E-state index contributed by atoms with van der Waals surface area (Å²) in [5.41, 5.74) is 5.24. The van der Waals surface area contributed by atoms with Gasteiger partial charge in [-0.25, -0.2) is 9.97 Å². The number of benzene rings is 2. The molecule has 0 spiro atoms. The molecule has 0 bridgehead atoms. The first kappa shape index (κ1) is 24.7. The largest absolute Gasteiger partial charge is 0.434 e. The lowest BCUT2D eigenvalue weighted by Crippen LogP contribution is -2.15. The normalized spacial score (nSPS) is 13.4. The van der Waals surface area contributed by atoms with Gasteiger partial charge in [0.2, 0.25) is 0 Å². The summed E-state index contributed by atoms with van der Waals surface area (Å²) < 4.78 is 82.7. The number of alkyl halides is 5. The van der Waals surface area contributed by atoms with Crippen molar-refractivity contribution < 1.29 is 31.3 Å². The number of aryl methyl sites for hydroxylation is 1. The highest BCUT2D eigenvalue weighted by Gasteiger charge is 2.31. The standard InChI is InChI=1S/C21H22F5N4O2P/c1-10(12-5-13(21(24,25)26)7-14(27)6-12)28-19-15-8-18(33(3,4)31)17(32-20(22)23)9-16(15)29-11(2)30-19/h5-10,20H,27H2,1-4H3,(H,28,29,30)/t10-/m1/s1. The first-order chi connectivity index (χ1) is 15.1. The van der Waals surface area contributed by atoms with E-state index >= 15 is 0 Å². The molecule has 0 fully saturated rings. The zero-order chi connectivity index (χ0) is 24.7. The molecule has 0 aliphatic carbocycles. The zero-order valence-corrected chi connectivity index (χ0v) is 19.1. The van der Waals surface area contributed by atoms with Crippen molar-refractivity contribution in [3.8, 4) is 5.75 Å². The lowest BCUT2D eigenvalue weighted by Gasteiger charge is -2.20. The molecule has 6 nitrogen and oxygen atoms in total. The third-order valence-corrected chi connectivity index (χ3v) is 6.35. The van der Waals surface area contributed by atoms with Crippen LogP contribution in [0.1, 0.15) is 29.9 Å². The molecule has 0 saturated carbocycles. The van der Waals surface area contributed by atoms with Crippen LogP contribution in [0.2, 0.25) is 0 Å². The Morgan fingerprint density at radius 2 is 1.76 bits per heavy atom. The summed E-state index contributed by atoms with van der Waals surface area (Å²) in [6.45, 7) is 2.88. The summed E-state index contributed by atoms with van der Waals surface area (Å²) in [5, 5.41) is 3.46. The van der Waals surface area contributed by atoms with E-state index in [1.807, 2.05) is 0 Å². The summed E-state index contributed by atoms with van der Waals surface area (Å²) in [7, 11) is -3.06. The van der Waals surface area contributed by atoms with Crippen LogP contribution in [0.3, 0.4) is 0 Å². The van der Waals surface area contributed by atoms with Crippen LogP contribution in [-0.2, 0) is 10.7 Å². The third-order valence-electron chi connectivity index (χ3n) is 4.84. The first-order valence-corrected chi connectivity index (χ1v) is 12.3. The highest BCUT2D eigenvalue weighted by molar-refractivity contribution is 7.70. The fraction of sp³-hybridized carbons (Fsp3) is 0.333. The van der Waals surface area contributed by atoms with E-state index in [4.69, 9.17) is 5.73 Å². The number of fused-ring (bicyclic) bond motifs is 1. The van der Waals surface area contributed by atoms with E-state index in [0.717, 1.165) is 12.1 Å². The number of aromatic nitrogens is 2. The van der Waals surface area contributed by atoms with Crippen LogP contribution >= 0.6 is 7.14 Å². The molecule has 2 aromatic carbocycles. The van der Waals surface area contributed by atoms with Gasteiger partial charge in [0.1, 0.15) is 24.5 Å². The van der Waals surface area contributed by atoms with Crippen molar-refractivity contribution in [1.29, 1.82) is 0 Å². The maximum Gasteiger partial charge on any atom is 0.416 e. The van der Waals surface area contributed by atoms with Crippen molar-refractivity contribution in [2.45, 2.75) is 32.7 Å². The second kappa shape index (κ2) is 8.78. The Kier molecular flexibility index (Phi) is 6.57. The van der Waals surface area contributed by atoms with Gasteiger partial charge in [0, 0.05) is 17.1 Å². The van der Waals surface area contributed by atoms with Gasteiger partial charge in [0.15, 0.2) is 0 Å². The van der Waals surface area contributed by atoms with Gasteiger partial charge in [-0.05, 0) is 57.0 Å². The van der Waals surface area contributed by atoms with Gasteiger partial charge in [-0.2, -0.15) is 22.0 Å². The lowest BCUT2D eigenvalue weighted by atomic mass is 10.0. The molecule has 0 saturated heterocycles. The summed E-state index contributed by atoms with van der Waals surface area (Å²) >= 11 is 0. The van der Waals surface area contributed by atoms with Crippen molar-refractivity contribution >= 4 is 34.9 Å². The Bertz CT molecular complexity index is 1240. The average Bonchev–Trinajstić information content (AvgIpc) is 2.64. The number of anilines is 2. The summed E-state index contributed by atoms with van der Waals surface area (Å²) in [4.78, 5) is 8.55. The Labute approximate surface area is 186 Å². The van der Waals surface area contributed by atoms with E-state index in [2.05, 4.69) is 20.0 Å². The number of nitrogens with two attached hydrogens (primary N) is 1. The second-order valence-corrected chi connectivity index (χ2v) is 11.1. The Balaban J connectivity index is 2.12. The van der Waals surface area contributed by atoms with E-state index < -0.39 is 31.5 Å². The number of rotatable bonds is 6. The van der Waals surface area contributed by atoms with Gasteiger partial charge in [0.25, 0.3) is 0 Å². The molecule has 178 valence electrons. The molecule has 33 heavy (non-hydrogen) atoms. The van der Waals surface area contributed by atoms with Crippen molar-refractivity contribution in [2.24, 2.45) is 0 Å². The van der Waals surface area contributed by atoms with Crippen LogP contribution in [0.15, 0.2) is 30.3 Å². The molecule has 0 unspecified atom stereocenters. The summed E-state index contributed by atoms with van der Waals surface area (Å²) in [6, 6.07) is 5.23. The van der Waals surface area contributed by atoms with Crippen LogP contribution in [-0.4, -0.2) is 29.9 Å². The van der Waals surface area contributed by atoms with Crippen LogP contribution < -0.4 is 21.1 Å². The predicted octanol–water partition coefficient (Wildman–Crippen LogP) is 5.56. The minimum absolute atomic E-state index is 0.0498. The first-order valence-electron chi connectivity index (χ1n) is 9.72. The summed E-state index contributed by atoms with van der Waals surface area (Å²) in [6.07, 6.45) is -4.57. The van der Waals surface area contributed by atoms with Crippen molar-refractivity contribution in [3.63, 3.8) is 0 Å². The Hall–Kier alpha value is -2.94. The smallest absolute Gasteiger partial charge is 0.416 e. The molecule has 12 heteroatoms. The molecule has 1 heterocycles. The Morgan fingerprint density at radius 3 is 2.33 bits per heavy atom. The quantitative estimate of drug-likeness (QED) is 0.268. The number of hydrogen-bond acceptors (Lipinski definition) is 6. The SMILES string of the molecule is Cc1nc(N[C@H](C)c2cc(N)cc(C(F)(F)F)c2)c2cc(P(C)(C)=O)c(OC(F)F)cc2n1. The Morgan fingerprint density at radius 1 is 1.09 bits per heavy atom. The minimum atomic E-state index is -4.57. The zero-order valence-electron chi connectivity index (χ0n) is 18.2. The highest BCUT2D eigenvalue weighted by Crippen LogP contribution is 2.41. The minimum Gasteiger partial charge on any atom is -0.434 e. The van der Waals surface area contributed by atoms with Crippen molar-refractivity contribution in [1.82, 2.24) is 9.97 Å². The molecular weight excluding hydrogens is 466 g/mol. The third kappa shape index (κ3) is 5.71. The summed E-state index contributed by atoms with van der Waals surface area (Å²) in [5.74, 6) is 0.264. The van der Waals surface area contributed by atoms with Crippen molar-refractivity contribution in [2.75, 3.05) is 24.4 Å². The lowest BCUT2D eigenvalue weighted by molar-refractivity contribution is -0.137.